The van der Waals surface area contributed by atoms with Gasteiger partial charge in [-0.3, -0.25) is 4.79 Å². The number of carbonyl (C=O) groups is 1. The van der Waals surface area contributed by atoms with Crippen LogP contribution in [0.15, 0.2) is 17.5 Å². The van der Waals surface area contributed by atoms with Crippen molar-refractivity contribution in [2.45, 2.75) is 51.5 Å². The number of nitrogens with two attached hydrogens (primary N) is 1. The van der Waals surface area contributed by atoms with E-state index >= 15 is 0 Å². The largest absolute Gasteiger partial charge is 0.351 e. The van der Waals surface area contributed by atoms with E-state index in [4.69, 9.17) is 5.73 Å². The summed E-state index contributed by atoms with van der Waals surface area (Å²) in [6.07, 6.45) is 3.18. The van der Waals surface area contributed by atoms with Crippen molar-refractivity contribution in [3.63, 3.8) is 0 Å². The van der Waals surface area contributed by atoms with Crippen molar-refractivity contribution < 1.29 is 4.79 Å². The summed E-state index contributed by atoms with van der Waals surface area (Å²) in [7, 11) is 0. The molecule has 0 spiro atoms. The first kappa shape index (κ1) is 15.2. The molecule has 0 saturated carbocycles. The Morgan fingerprint density at radius 3 is 2.78 bits per heavy atom. The van der Waals surface area contributed by atoms with Crippen LogP contribution in [-0.4, -0.2) is 18.5 Å². The van der Waals surface area contributed by atoms with Gasteiger partial charge in [0.2, 0.25) is 5.91 Å². The Bertz CT molecular complexity index is 360. The van der Waals surface area contributed by atoms with Crippen LogP contribution in [0.1, 0.15) is 44.9 Å². The van der Waals surface area contributed by atoms with Gasteiger partial charge in [-0.1, -0.05) is 25.8 Å². The van der Waals surface area contributed by atoms with Crippen LogP contribution in [0.25, 0.3) is 0 Å². The number of thiophene rings is 1. The van der Waals surface area contributed by atoms with Crippen molar-refractivity contribution in [2.24, 2.45) is 5.73 Å². The van der Waals surface area contributed by atoms with Crippen LogP contribution < -0.4 is 11.1 Å². The van der Waals surface area contributed by atoms with Gasteiger partial charge in [0, 0.05) is 17.5 Å². The fraction of sp³-hybridized carbons (Fsp3) is 0.643. The van der Waals surface area contributed by atoms with Crippen molar-refractivity contribution >= 4 is 17.2 Å². The Morgan fingerprint density at radius 1 is 1.56 bits per heavy atom. The SMILES string of the molecule is CCCCC(CN)NC(=O)C(C)(C)c1cccs1. The van der Waals surface area contributed by atoms with Gasteiger partial charge in [0.25, 0.3) is 0 Å². The van der Waals surface area contributed by atoms with E-state index in [0.29, 0.717) is 6.54 Å². The molecule has 0 saturated heterocycles. The third-order valence-corrected chi connectivity index (χ3v) is 4.42. The van der Waals surface area contributed by atoms with Gasteiger partial charge in [-0.05, 0) is 31.7 Å². The quantitative estimate of drug-likeness (QED) is 0.799. The number of hydrogen-bond donors (Lipinski definition) is 2. The van der Waals surface area contributed by atoms with E-state index < -0.39 is 5.41 Å². The smallest absolute Gasteiger partial charge is 0.231 e. The molecular formula is C14H24N2OS. The molecule has 0 aliphatic carbocycles. The van der Waals surface area contributed by atoms with Crippen LogP contribution in [-0.2, 0) is 10.2 Å². The van der Waals surface area contributed by atoms with E-state index in [1.54, 1.807) is 11.3 Å². The van der Waals surface area contributed by atoms with Gasteiger partial charge in [0.15, 0.2) is 0 Å². The molecule has 4 heteroatoms. The Hall–Kier alpha value is -0.870. The lowest BCUT2D eigenvalue weighted by molar-refractivity contribution is -0.126. The zero-order valence-electron chi connectivity index (χ0n) is 11.5. The van der Waals surface area contributed by atoms with Crippen molar-refractivity contribution in [1.29, 1.82) is 0 Å². The van der Waals surface area contributed by atoms with Crippen molar-refractivity contribution in [3.05, 3.63) is 22.4 Å². The lowest BCUT2D eigenvalue weighted by Gasteiger charge is -2.26. The summed E-state index contributed by atoms with van der Waals surface area (Å²) in [4.78, 5) is 13.4. The summed E-state index contributed by atoms with van der Waals surface area (Å²) in [6, 6.07) is 4.08. The van der Waals surface area contributed by atoms with Gasteiger partial charge in [-0.2, -0.15) is 0 Å². The summed E-state index contributed by atoms with van der Waals surface area (Å²) in [6.45, 7) is 6.57. The molecule has 1 unspecified atom stereocenters. The molecule has 1 amide bonds. The molecule has 1 aromatic heterocycles. The van der Waals surface area contributed by atoms with Crippen molar-refractivity contribution in [1.82, 2.24) is 5.32 Å². The number of unbranched alkanes of at least 4 members (excludes halogenated alkanes) is 1. The molecule has 3 nitrogen and oxygen atoms in total. The average molecular weight is 268 g/mol. The zero-order chi connectivity index (χ0) is 13.6. The molecule has 102 valence electrons. The Balaban J connectivity index is 2.63. The van der Waals surface area contributed by atoms with E-state index in [-0.39, 0.29) is 11.9 Å². The number of nitrogens with one attached hydrogen (secondary N) is 1. The lowest BCUT2D eigenvalue weighted by Crippen LogP contribution is -2.47. The van der Waals surface area contributed by atoms with Crippen LogP contribution in [0.3, 0.4) is 0 Å². The molecule has 1 rings (SSSR count). The van der Waals surface area contributed by atoms with E-state index in [1.165, 1.54) is 0 Å². The minimum absolute atomic E-state index is 0.0662. The molecule has 0 fully saturated rings. The summed E-state index contributed by atoms with van der Waals surface area (Å²) in [5.74, 6) is 0.0662. The molecular weight excluding hydrogens is 244 g/mol. The Kier molecular flexibility index (Phi) is 5.82. The maximum atomic E-state index is 12.3. The Labute approximate surface area is 114 Å². The van der Waals surface area contributed by atoms with E-state index in [0.717, 1.165) is 24.1 Å². The third-order valence-electron chi connectivity index (χ3n) is 3.23. The maximum Gasteiger partial charge on any atom is 0.231 e. The zero-order valence-corrected chi connectivity index (χ0v) is 12.3. The van der Waals surface area contributed by atoms with Gasteiger partial charge in [0.05, 0.1) is 5.41 Å². The maximum absolute atomic E-state index is 12.3. The molecule has 1 atom stereocenters. The first-order chi connectivity index (χ1) is 8.52. The van der Waals surface area contributed by atoms with Gasteiger partial charge >= 0.3 is 0 Å². The summed E-state index contributed by atoms with van der Waals surface area (Å²) in [5, 5.41) is 5.07. The van der Waals surface area contributed by atoms with Crippen LogP contribution >= 0.6 is 11.3 Å². The number of carbonyl (C=O) groups excluding carboxylic acids is 1. The Morgan fingerprint density at radius 2 is 2.28 bits per heavy atom. The van der Waals surface area contributed by atoms with Gasteiger partial charge in [0.1, 0.15) is 0 Å². The second-order valence-corrected chi connectivity index (χ2v) is 6.10. The predicted octanol–water partition coefficient (Wildman–Crippen LogP) is 2.66. The van der Waals surface area contributed by atoms with Crippen LogP contribution in [0.4, 0.5) is 0 Å². The number of rotatable bonds is 7. The first-order valence-corrected chi connectivity index (χ1v) is 7.45. The lowest BCUT2D eigenvalue weighted by atomic mass is 9.90. The molecule has 0 radical (unpaired) electrons. The highest BCUT2D eigenvalue weighted by Gasteiger charge is 2.31. The highest BCUT2D eigenvalue weighted by molar-refractivity contribution is 7.10. The summed E-state index contributed by atoms with van der Waals surface area (Å²) >= 11 is 1.62. The standard InChI is InChI=1S/C14H24N2OS/c1-4-5-7-11(10-15)16-13(17)14(2,3)12-8-6-9-18-12/h6,8-9,11H,4-5,7,10,15H2,1-3H3,(H,16,17). The number of amides is 1. The van der Waals surface area contributed by atoms with Gasteiger partial charge in [-0.25, -0.2) is 0 Å². The van der Waals surface area contributed by atoms with Gasteiger partial charge < -0.3 is 11.1 Å². The molecule has 18 heavy (non-hydrogen) atoms. The average Bonchev–Trinajstić information content (AvgIpc) is 2.88. The third kappa shape index (κ3) is 3.82. The van der Waals surface area contributed by atoms with Crippen molar-refractivity contribution in [2.75, 3.05) is 6.54 Å². The molecule has 1 heterocycles. The topological polar surface area (TPSA) is 55.1 Å². The molecule has 0 aliphatic rings. The summed E-state index contributed by atoms with van der Waals surface area (Å²) < 4.78 is 0. The van der Waals surface area contributed by atoms with E-state index in [2.05, 4.69) is 12.2 Å². The predicted molar refractivity (Wildman–Crippen MR) is 77.9 cm³/mol. The highest BCUT2D eigenvalue weighted by atomic mass is 32.1. The first-order valence-electron chi connectivity index (χ1n) is 6.57. The minimum Gasteiger partial charge on any atom is -0.351 e. The molecule has 0 aliphatic heterocycles. The van der Waals surface area contributed by atoms with Crippen molar-refractivity contribution in [3.8, 4) is 0 Å². The van der Waals surface area contributed by atoms with E-state index in [9.17, 15) is 4.79 Å². The summed E-state index contributed by atoms with van der Waals surface area (Å²) in [5.41, 5.74) is 5.23. The molecule has 1 aromatic rings. The van der Waals surface area contributed by atoms with Crippen LogP contribution in [0.2, 0.25) is 0 Å². The highest BCUT2D eigenvalue weighted by Crippen LogP contribution is 2.27. The van der Waals surface area contributed by atoms with Crippen LogP contribution in [0.5, 0.6) is 0 Å². The minimum atomic E-state index is -0.478. The van der Waals surface area contributed by atoms with Crippen LogP contribution in [0, 0.1) is 0 Å². The van der Waals surface area contributed by atoms with E-state index in [1.807, 2.05) is 31.4 Å². The molecule has 0 bridgehead atoms. The number of hydrogen-bond acceptors (Lipinski definition) is 3. The molecule has 0 aromatic carbocycles. The fourth-order valence-corrected chi connectivity index (χ4v) is 2.66. The monoisotopic (exact) mass is 268 g/mol. The fourth-order valence-electron chi connectivity index (χ4n) is 1.81. The second kappa shape index (κ2) is 6.90. The molecule has 3 N–H and O–H groups in total. The van der Waals surface area contributed by atoms with Gasteiger partial charge in [-0.15, -0.1) is 11.3 Å². The normalized spacial score (nSPS) is 13.3. The second-order valence-electron chi connectivity index (χ2n) is 5.15.